The zero-order valence-corrected chi connectivity index (χ0v) is 20.5. The predicted molar refractivity (Wildman–Crippen MR) is 135 cm³/mol. The molecule has 0 spiro atoms. The number of anilines is 2. The maximum atomic E-state index is 12.5. The Morgan fingerprint density at radius 3 is 1.56 bits per heavy atom. The number of amides is 2. The quantitative estimate of drug-likeness (QED) is 0.563. The standard InChI is InChI=1S/C27H34N2O7/c30-26-28-24-18-20-2-3-21-5-7-23(9-8-22(24)6-4-20)25(19-21)29-27(31)36-17-16-34-15-14-33-13-12-32-10-1-11-35-26/h4-7,18-19H,1-3,8-17H2,(H,28,30)(H,29,31). The molecule has 7 rings (SSSR count). The molecule has 0 aromatic heterocycles. The van der Waals surface area contributed by atoms with Crippen LogP contribution in [0.2, 0.25) is 0 Å². The first-order valence-electron chi connectivity index (χ1n) is 12.5. The Labute approximate surface area is 211 Å². The van der Waals surface area contributed by atoms with Crippen LogP contribution in [-0.4, -0.2) is 65.0 Å². The maximum absolute atomic E-state index is 12.5. The van der Waals surface area contributed by atoms with Crippen molar-refractivity contribution < 1.29 is 33.3 Å². The van der Waals surface area contributed by atoms with Gasteiger partial charge in [-0.1, -0.05) is 24.3 Å². The van der Waals surface area contributed by atoms with Gasteiger partial charge < -0.3 is 23.7 Å². The van der Waals surface area contributed by atoms with Crippen LogP contribution in [0.5, 0.6) is 0 Å². The second-order valence-corrected chi connectivity index (χ2v) is 8.70. The lowest BCUT2D eigenvalue weighted by atomic mass is 9.94. The summed E-state index contributed by atoms with van der Waals surface area (Å²) >= 11 is 0. The fourth-order valence-corrected chi connectivity index (χ4v) is 4.14. The van der Waals surface area contributed by atoms with Crippen molar-refractivity contribution in [3.8, 4) is 0 Å². The molecule has 36 heavy (non-hydrogen) atoms. The molecule has 5 aliphatic rings. The van der Waals surface area contributed by atoms with Gasteiger partial charge in [0.15, 0.2) is 0 Å². The van der Waals surface area contributed by atoms with Gasteiger partial charge in [-0.15, -0.1) is 0 Å². The van der Waals surface area contributed by atoms with Crippen molar-refractivity contribution in [2.24, 2.45) is 0 Å². The first-order chi connectivity index (χ1) is 17.7. The minimum Gasteiger partial charge on any atom is -0.449 e. The van der Waals surface area contributed by atoms with E-state index in [-0.39, 0.29) is 13.2 Å². The molecule has 2 amide bonds. The molecule has 2 aromatic rings. The third kappa shape index (κ3) is 8.22. The van der Waals surface area contributed by atoms with Crippen molar-refractivity contribution in [1.29, 1.82) is 0 Å². The van der Waals surface area contributed by atoms with Crippen LogP contribution >= 0.6 is 0 Å². The number of benzene rings is 2. The Kier molecular flexibility index (Phi) is 9.96. The highest BCUT2D eigenvalue weighted by molar-refractivity contribution is 5.87. The summed E-state index contributed by atoms with van der Waals surface area (Å²) in [7, 11) is 0. The minimum atomic E-state index is -0.514. The fraction of sp³-hybridized carbons (Fsp3) is 0.481. The van der Waals surface area contributed by atoms with Crippen molar-refractivity contribution in [2.75, 3.05) is 63.5 Å². The second kappa shape index (κ2) is 13.8. The normalized spacial score (nSPS) is 18.9. The van der Waals surface area contributed by atoms with Gasteiger partial charge in [-0.2, -0.15) is 0 Å². The van der Waals surface area contributed by atoms with Crippen molar-refractivity contribution in [3.05, 3.63) is 58.7 Å². The molecule has 0 saturated heterocycles. The third-order valence-electron chi connectivity index (χ3n) is 6.06. The monoisotopic (exact) mass is 498 g/mol. The summed E-state index contributed by atoms with van der Waals surface area (Å²) in [5.41, 5.74) is 5.72. The summed E-state index contributed by atoms with van der Waals surface area (Å²) in [6.07, 6.45) is 2.57. The number of aryl methyl sites for hydroxylation is 4. The molecule has 6 bridgehead atoms. The molecule has 0 unspecified atom stereocenters. The van der Waals surface area contributed by atoms with Gasteiger partial charge in [0, 0.05) is 24.4 Å². The Morgan fingerprint density at radius 2 is 1.00 bits per heavy atom. The van der Waals surface area contributed by atoms with Gasteiger partial charge in [0.2, 0.25) is 0 Å². The molecule has 9 heteroatoms. The van der Waals surface area contributed by atoms with Crippen LogP contribution in [0.15, 0.2) is 36.4 Å². The molecule has 194 valence electrons. The Hall–Kier alpha value is -3.14. The maximum Gasteiger partial charge on any atom is 0.411 e. The van der Waals surface area contributed by atoms with E-state index < -0.39 is 12.2 Å². The highest BCUT2D eigenvalue weighted by atomic mass is 16.6. The van der Waals surface area contributed by atoms with E-state index >= 15 is 0 Å². The molecule has 0 radical (unpaired) electrons. The zero-order valence-electron chi connectivity index (χ0n) is 20.5. The van der Waals surface area contributed by atoms with Gasteiger partial charge in [-0.25, -0.2) is 9.59 Å². The number of carbonyl (C=O) groups is 2. The first kappa shape index (κ1) is 25.9. The van der Waals surface area contributed by atoms with Gasteiger partial charge in [0.25, 0.3) is 0 Å². The van der Waals surface area contributed by atoms with Gasteiger partial charge in [0.1, 0.15) is 6.61 Å². The number of ether oxygens (including phenoxy) is 5. The molecule has 1 heterocycles. The van der Waals surface area contributed by atoms with Crippen molar-refractivity contribution >= 4 is 23.6 Å². The van der Waals surface area contributed by atoms with Gasteiger partial charge in [0.05, 0.1) is 39.6 Å². The summed E-state index contributed by atoms with van der Waals surface area (Å²) in [6.45, 7) is 2.94. The highest BCUT2D eigenvalue weighted by Crippen LogP contribution is 2.27. The lowest BCUT2D eigenvalue weighted by molar-refractivity contribution is 0.00463. The van der Waals surface area contributed by atoms with E-state index in [9.17, 15) is 9.59 Å². The smallest absolute Gasteiger partial charge is 0.411 e. The van der Waals surface area contributed by atoms with Gasteiger partial charge in [-0.3, -0.25) is 10.6 Å². The van der Waals surface area contributed by atoms with E-state index in [1.54, 1.807) is 0 Å². The fourth-order valence-electron chi connectivity index (χ4n) is 4.14. The SMILES string of the molecule is O=C1Nc2cc3ccc2CCc2ccc(cc2NC(=O)OCCOCCOCCOCCCO1)CC3. The summed E-state index contributed by atoms with van der Waals surface area (Å²) in [6, 6.07) is 12.4. The van der Waals surface area contributed by atoms with E-state index in [4.69, 9.17) is 23.7 Å². The highest BCUT2D eigenvalue weighted by Gasteiger charge is 2.15. The van der Waals surface area contributed by atoms with Crippen LogP contribution in [0, 0.1) is 0 Å². The largest absolute Gasteiger partial charge is 0.449 e. The lowest BCUT2D eigenvalue weighted by Gasteiger charge is -2.18. The average molecular weight is 499 g/mol. The molecule has 0 atom stereocenters. The second-order valence-electron chi connectivity index (χ2n) is 8.70. The molecule has 2 N–H and O–H groups in total. The van der Waals surface area contributed by atoms with E-state index in [2.05, 4.69) is 34.9 Å². The Morgan fingerprint density at radius 1 is 0.528 bits per heavy atom. The molecule has 0 fully saturated rings. The molecule has 2 aromatic carbocycles. The summed E-state index contributed by atoms with van der Waals surface area (Å²) in [5.74, 6) is 0. The first-order valence-corrected chi connectivity index (χ1v) is 12.5. The van der Waals surface area contributed by atoms with E-state index in [0.29, 0.717) is 58.9 Å². The number of nitrogens with one attached hydrogen (secondary N) is 2. The van der Waals surface area contributed by atoms with Gasteiger partial charge in [-0.05, 0) is 60.1 Å². The van der Waals surface area contributed by atoms with Crippen molar-refractivity contribution in [2.45, 2.75) is 32.1 Å². The van der Waals surface area contributed by atoms with Crippen LogP contribution in [0.25, 0.3) is 0 Å². The number of carbonyl (C=O) groups excluding carboxylic acids is 2. The molecular formula is C27H34N2O7. The van der Waals surface area contributed by atoms with Crippen LogP contribution in [0.1, 0.15) is 28.7 Å². The summed E-state index contributed by atoms with van der Waals surface area (Å²) < 4.78 is 27.1. The van der Waals surface area contributed by atoms with Gasteiger partial charge >= 0.3 is 12.2 Å². The number of hydrogen-bond acceptors (Lipinski definition) is 7. The van der Waals surface area contributed by atoms with E-state index in [1.807, 2.05) is 12.1 Å². The zero-order chi connectivity index (χ0) is 25.0. The third-order valence-corrected chi connectivity index (χ3v) is 6.06. The van der Waals surface area contributed by atoms with Crippen LogP contribution in [0.3, 0.4) is 0 Å². The molecule has 4 aliphatic carbocycles. The molecule has 1 aliphatic heterocycles. The molecule has 9 nitrogen and oxygen atoms in total. The Balaban J connectivity index is 1.48. The topological polar surface area (TPSA) is 104 Å². The van der Waals surface area contributed by atoms with E-state index in [0.717, 1.165) is 46.5 Å². The molecule has 0 saturated carbocycles. The summed E-state index contributed by atoms with van der Waals surface area (Å²) in [5, 5.41) is 5.81. The predicted octanol–water partition coefficient (Wildman–Crippen LogP) is 4.12. The number of cyclic esters (lactones) is 2. The summed E-state index contributed by atoms with van der Waals surface area (Å²) in [4.78, 5) is 24.9. The lowest BCUT2D eigenvalue weighted by Crippen LogP contribution is -2.19. The van der Waals surface area contributed by atoms with Crippen molar-refractivity contribution in [3.63, 3.8) is 0 Å². The number of hydrogen-bond donors (Lipinski definition) is 2. The van der Waals surface area contributed by atoms with Crippen LogP contribution in [-0.2, 0) is 49.4 Å². The van der Waals surface area contributed by atoms with E-state index in [1.165, 1.54) is 0 Å². The van der Waals surface area contributed by atoms with Crippen LogP contribution < -0.4 is 10.6 Å². The molecular weight excluding hydrogens is 464 g/mol. The average Bonchev–Trinajstić information content (AvgIpc) is 2.86. The number of rotatable bonds is 0. The Bertz CT molecular complexity index is 946. The van der Waals surface area contributed by atoms with Crippen molar-refractivity contribution in [1.82, 2.24) is 0 Å². The minimum absolute atomic E-state index is 0.154. The van der Waals surface area contributed by atoms with Crippen LogP contribution in [0.4, 0.5) is 21.0 Å².